The Morgan fingerprint density at radius 1 is 1.10 bits per heavy atom. The monoisotopic (exact) mass is 425 g/mol. The van der Waals surface area contributed by atoms with Gasteiger partial charge in [-0.3, -0.25) is 0 Å². The Bertz CT molecular complexity index is 971. The van der Waals surface area contributed by atoms with Crippen LogP contribution in [0.1, 0.15) is 36.0 Å². The van der Waals surface area contributed by atoms with E-state index in [4.69, 9.17) is 9.57 Å². The maximum atomic E-state index is 15.0. The van der Waals surface area contributed by atoms with E-state index in [0.717, 1.165) is 30.0 Å². The summed E-state index contributed by atoms with van der Waals surface area (Å²) in [7, 11) is 1.44. The molecule has 2 aliphatic rings. The number of benzene rings is 2. The Hall–Kier alpha value is -2.64. The average Bonchev–Trinajstić information content (AvgIpc) is 2.70. The van der Waals surface area contributed by atoms with Crippen molar-refractivity contribution in [2.45, 2.75) is 37.3 Å². The normalized spacial score (nSPS) is 24.7. The quantitative estimate of drug-likeness (QED) is 0.469. The Morgan fingerprint density at radius 3 is 2.47 bits per heavy atom. The number of ether oxygens (including phenoxy) is 1. The third-order valence-electron chi connectivity index (χ3n) is 6.13. The minimum Gasteiger partial charge on any atom is -0.490 e. The third kappa shape index (κ3) is 3.52. The summed E-state index contributed by atoms with van der Waals surface area (Å²) in [4.78, 5) is 4.88. The lowest BCUT2D eigenvalue weighted by Crippen LogP contribution is -2.49. The minimum absolute atomic E-state index is 0.106. The number of alkyl halides is 3. The van der Waals surface area contributed by atoms with Crippen LogP contribution < -0.4 is 4.74 Å². The summed E-state index contributed by atoms with van der Waals surface area (Å²) >= 11 is 0. The fraction of sp³-hybridized carbons (Fsp3) is 0.409. The van der Waals surface area contributed by atoms with Crippen LogP contribution in [-0.2, 0) is 22.8 Å². The van der Waals surface area contributed by atoms with Crippen molar-refractivity contribution >= 4 is 5.71 Å². The van der Waals surface area contributed by atoms with E-state index >= 15 is 0 Å². The molecule has 0 spiro atoms. The number of halogens is 5. The zero-order valence-electron chi connectivity index (χ0n) is 16.2. The molecule has 0 unspecified atom stereocenters. The van der Waals surface area contributed by atoms with Gasteiger partial charge in [-0.2, -0.15) is 13.2 Å². The first kappa shape index (κ1) is 20.6. The maximum absolute atomic E-state index is 15.0. The standard InChI is InChI=1S/C22H20F5NO2/c1-29-28-16-8-9-21(11-13-2-4-14(5-3-13)22(25,26)27)15(10-16)12-30-20-18(24)7-6-17(23)19(20)21/h2-7,15H,8-12H2,1H3/b28-16-/t15-,21+/m1/s1. The molecular weight excluding hydrogens is 405 g/mol. The Morgan fingerprint density at radius 2 is 1.80 bits per heavy atom. The van der Waals surface area contributed by atoms with Crippen molar-refractivity contribution in [1.29, 1.82) is 0 Å². The predicted octanol–water partition coefficient (Wildman–Crippen LogP) is 5.66. The fourth-order valence-corrected chi connectivity index (χ4v) is 4.73. The lowest BCUT2D eigenvalue weighted by atomic mass is 9.58. The summed E-state index contributed by atoms with van der Waals surface area (Å²) in [5.74, 6) is -1.54. The molecule has 0 aromatic heterocycles. The summed E-state index contributed by atoms with van der Waals surface area (Å²) in [6, 6.07) is 6.95. The molecule has 1 heterocycles. The molecule has 2 atom stereocenters. The van der Waals surface area contributed by atoms with Crippen LogP contribution in [0.2, 0.25) is 0 Å². The first-order chi connectivity index (χ1) is 14.2. The highest BCUT2D eigenvalue weighted by Crippen LogP contribution is 2.53. The van der Waals surface area contributed by atoms with Crippen LogP contribution in [0.3, 0.4) is 0 Å². The maximum Gasteiger partial charge on any atom is 0.416 e. The SMILES string of the molecule is CO/N=C1/CC[C@@]2(Cc3ccc(C(F)(F)F)cc3)c3c(F)ccc(F)c3OC[C@H]2C1. The van der Waals surface area contributed by atoms with Gasteiger partial charge in [0.2, 0.25) is 0 Å². The van der Waals surface area contributed by atoms with Gasteiger partial charge in [-0.05, 0) is 55.5 Å². The largest absolute Gasteiger partial charge is 0.490 e. The molecule has 0 amide bonds. The van der Waals surface area contributed by atoms with Gasteiger partial charge in [-0.25, -0.2) is 8.78 Å². The van der Waals surface area contributed by atoms with Crippen LogP contribution in [0.25, 0.3) is 0 Å². The van der Waals surface area contributed by atoms with E-state index in [-0.39, 0.29) is 30.3 Å². The number of hydrogen-bond acceptors (Lipinski definition) is 3. The number of nitrogens with zero attached hydrogens (tertiary/aromatic N) is 1. The molecular formula is C22H20F5NO2. The van der Waals surface area contributed by atoms with E-state index in [2.05, 4.69) is 5.16 Å². The highest BCUT2D eigenvalue weighted by atomic mass is 19.4. The number of oxime groups is 1. The molecule has 2 aromatic rings. The molecule has 30 heavy (non-hydrogen) atoms. The second kappa shape index (κ2) is 7.56. The van der Waals surface area contributed by atoms with E-state index in [1.807, 2.05) is 0 Å². The van der Waals surface area contributed by atoms with E-state index in [1.165, 1.54) is 19.2 Å². The molecule has 1 aliphatic heterocycles. The lowest BCUT2D eigenvalue weighted by molar-refractivity contribution is -0.137. The number of fused-ring (bicyclic) bond motifs is 3. The van der Waals surface area contributed by atoms with Crippen molar-refractivity contribution in [1.82, 2.24) is 0 Å². The summed E-state index contributed by atoms with van der Waals surface area (Å²) in [5, 5.41) is 4.02. The van der Waals surface area contributed by atoms with Gasteiger partial charge in [0.15, 0.2) is 11.6 Å². The molecule has 0 N–H and O–H groups in total. The van der Waals surface area contributed by atoms with Crippen molar-refractivity contribution in [3.8, 4) is 5.75 Å². The number of hydrogen-bond donors (Lipinski definition) is 0. The lowest BCUT2D eigenvalue weighted by Gasteiger charge is -2.48. The summed E-state index contributed by atoms with van der Waals surface area (Å²) in [6.07, 6.45) is -2.72. The van der Waals surface area contributed by atoms with Crippen molar-refractivity contribution < 1.29 is 31.5 Å². The highest BCUT2D eigenvalue weighted by molar-refractivity contribution is 5.85. The Balaban J connectivity index is 1.78. The molecule has 1 aliphatic carbocycles. The molecule has 3 nitrogen and oxygen atoms in total. The van der Waals surface area contributed by atoms with Crippen LogP contribution in [0, 0.1) is 17.6 Å². The van der Waals surface area contributed by atoms with Gasteiger partial charge >= 0.3 is 6.18 Å². The second-order valence-electron chi connectivity index (χ2n) is 7.81. The van der Waals surface area contributed by atoms with E-state index < -0.39 is 28.8 Å². The second-order valence-corrected chi connectivity index (χ2v) is 7.81. The topological polar surface area (TPSA) is 30.8 Å². The zero-order valence-corrected chi connectivity index (χ0v) is 16.2. The predicted molar refractivity (Wildman–Crippen MR) is 100 cm³/mol. The van der Waals surface area contributed by atoms with Crippen molar-refractivity contribution in [3.05, 3.63) is 64.7 Å². The van der Waals surface area contributed by atoms with Crippen molar-refractivity contribution in [3.63, 3.8) is 0 Å². The van der Waals surface area contributed by atoms with Crippen LogP contribution in [-0.4, -0.2) is 19.4 Å². The molecule has 160 valence electrons. The van der Waals surface area contributed by atoms with Crippen molar-refractivity contribution in [2.24, 2.45) is 11.1 Å². The molecule has 1 fully saturated rings. The van der Waals surface area contributed by atoms with E-state index in [1.54, 1.807) is 0 Å². The molecule has 0 bridgehead atoms. The summed E-state index contributed by atoms with van der Waals surface area (Å²) in [5.41, 5.74) is 0.0240. The Labute approximate surface area is 170 Å². The van der Waals surface area contributed by atoms with Crippen LogP contribution in [0.4, 0.5) is 22.0 Å². The fourth-order valence-electron chi connectivity index (χ4n) is 4.73. The van der Waals surface area contributed by atoms with Crippen molar-refractivity contribution in [2.75, 3.05) is 13.7 Å². The van der Waals surface area contributed by atoms with Gasteiger partial charge in [-0.15, -0.1) is 0 Å². The molecule has 8 heteroatoms. The van der Waals surface area contributed by atoms with Gasteiger partial charge in [0.25, 0.3) is 0 Å². The van der Waals surface area contributed by atoms with Gasteiger partial charge in [0, 0.05) is 16.9 Å². The molecule has 2 aromatic carbocycles. The van der Waals surface area contributed by atoms with E-state index in [9.17, 15) is 22.0 Å². The molecule has 4 rings (SSSR count). The van der Waals surface area contributed by atoms with Crippen LogP contribution in [0.15, 0.2) is 41.6 Å². The van der Waals surface area contributed by atoms with E-state index in [0.29, 0.717) is 24.8 Å². The van der Waals surface area contributed by atoms with Crippen LogP contribution in [0.5, 0.6) is 5.75 Å². The van der Waals surface area contributed by atoms with Gasteiger partial charge < -0.3 is 9.57 Å². The minimum atomic E-state index is -4.43. The van der Waals surface area contributed by atoms with Gasteiger partial charge in [0.05, 0.1) is 17.9 Å². The smallest absolute Gasteiger partial charge is 0.416 e. The summed E-state index contributed by atoms with van der Waals surface area (Å²) in [6.45, 7) is 0.163. The first-order valence-electron chi connectivity index (χ1n) is 9.61. The highest BCUT2D eigenvalue weighted by Gasteiger charge is 2.50. The molecule has 1 saturated carbocycles. The Kier molecular flexibility index (Phi) is 5.20. The van der Waals surface area contributed by atoms with Gasteiger partial charge in [-0.1, -0.05) is 17.3 Å². The first-order valence-corrected chi connectivity index (χ1v) is 9.61. The average molecular weight is 425 g/mol. The van der Waals surface area contributed by atoms with Crippen LogP contribution >= 0.6 is 0 Å². The number of rotatable bonds is 3. The van der Waals surface area contributed by atoms with Gasteiger partial charge in [0.1, 0.15) is 12.9 Å². The third-order valence-corrected chi connectivity index (χ3v) is 6.13. The molecule has 0 saturated heterocycles. The zero-order chi connectivity index (χ0) is 21.5. The summed E-state index contributed by atoms with van der Waals surface area (Å²) < 4.78 is 73.8. The molecule has 0 radical (unpaired) electrons.